The van der Waals surface area contributed by atoms with Gasteiger partial charge in [0.2, 0.25) is 0 Å². The molecule has 1 saturated carbocycles. The molecule has 1 heterocycles. The van der Waals surface area contributed by atoms with Crippen molar-refractivity contribution in [2.45, 2.75) is 18.9 Å². The van der Waals surface area contributed by atoms with Crippen molar-refractivity contribution >= 4 is 17.0 Å². The lowest BCUT2D eigenvalue weighted by Crippen LogP contribution is -2.11. The maximum absolute atomic E-state index is 5.44. The van der Waals surface area contributed by atoms with Crippen LogP contribution in [0.1, 0.15) is 29.3 Å². The minimum atomic E-state index is 0.443. The molecule has 1 unspecified atom stereocenters. The van der Waals surface area contributed by atoms with Crippen molar-refractivity contribution in [3.05, 3.63) is 52.2 Å². The first-order chi connectivity index (χ1) is 8.86. The zero-order valence-electron chi connectivity index (χ0n) is 10.1. The molecule has 90 valence electrons. The second-order valence-electron chi connectivity index (χ2n) is 4.70. The normalized spacial score (nSPS) is 15.9. The van der Waals surface area contributed by atoms with Crippen LogP contribution < -0.4 is 5.32 Å². The van der Waals surface area contributed by atoms with Crippen molar-refractivity contribution in [2.24, 2.45) is 5.92 Å². The highest BCUT2D eigenvalue weighted by molar-refractivity contribution is 7.10. The van der Waals surface area contributed by atoms with Gasteiger partial charge in [0.15, 0.2) is 0 Å². The first-order valence-corrected chi connectivity index (χ1v) is 7.11. The van der Waals surface area contributed by atoms with Crippen LogP contribution in [0.2, 0.25) is 0 Å². The summed E-state index contributed by atoms with van der Waals surface area (Å²) in [5.41, 5.74) is 2.05. The molecule has 1 aromatic heterocycles. The first kappa shape index (κ1) is 11.4. The van der Waals surface area contributed by atoms with Crippen molar-refractivity contribution in [1.29, 1.82) is 0 Å². The maximum Gasteiger partial charge on any atom is 0.0634 e. The minimum absolute atomic E-state index is 0.443. The number of hydrogen-bond acceptors (Lipinski definition) is 2. The van der Waals surface area contributed by atoms with E-state index in [0.29, 0.717) is 6.04 Å². The van der Waals surface area contributed by atoms with Crippen LogP contribution in [0.5, 0.6) is 0 Å². The van der Waals surface area contributed by atoms with Crippen LogP contribution in [0.4, 0.5) is 5.69 Å². The van der Waals surface area contributed by atoms with Crippen LogP contribution in [0.15, 0.2) is 41.8 Å². The summed E-state index contributed by atoms with van der Waals surface area (Å²) >= 11 is 1.83. The van der Waals surface area contributed by atoms with Gasteiger partial charge in [-0.25, -0.2) is 0 Å². The third-order valence-electron chi connectivity index (χ3n) is 3.29. The van der Waals surface area contributed by atoms with E-state index in [2.05, 4.69) is 34.8 Å². The van der Waals surface area contributed by atoms with E-state index in [1.54, 1.807) is 0 Å². The summed E-state index contributed by atoms with van der Waals surface area (Å²) in [4.78, 5) is 1.42. The van der Waals surface area contributed by atoms with E-state index in [4.69, 9.17) is 6.42 Å². The predicted octanol–water partition coefficient (Wildman–Crippen LogP) is 4.29. The van der Waals surface area contributed by atoms with E-state index < -0.39 is 0 Å². The fraction of sp³-hybridized carbons (Fsp3) is 0.250. The van der Waals surface area contributed by atoms with Crippen molar-refractivity contribution in [2.75, 3.05) is 5.32 Å². The van der Waals surface area contributed by atoms with E-state index in [1.807, 2.05) is 29.5 Å². The van der Waals surface area contributed by atoms with Gasteiger partial charge in [0.1, 0.15) is 0 Å². The van der Waals surface area contributed by atoms with Crippen LogP contribution in [0.25, 0.3) is 0 Å². The molecule has 1 aromatic carbocycles. The Morgan fingerprint density at radius 3 is 2.83 bits per heavy atom. The van der Waals surface area contributed by atoms with Gasteiger partial charge in [-0.2, -0.15) is 0 Å². The lowest BCUT2D eigenvalue weighted by Gasteiger charge is -2.18. The van der Waals surface area contributed by atoms with Crippen LogP contribution in [-0.2, 0) is 0 Å². The Morgan fingerprint density at radius 1 is 1.28 bits per heavy atom. The van der Waals surface area contributed by atoms with Crippen molar-refractivity contribution in [1.82, 2.24) is 0 Å². The predicted molar refractivity (Wildman–Crippen MR) is 77.8 cm³/mol. The maximum atomic E-state index is 5.44. The van der Waals surface area contributed by atoms with Crippen molar-refractivity contribution < 1.29 is 0 Å². The Morgan fingerprint density at radius 2 is 2.17 bits per heavy atom. The zero-order valence-corrected chi connectivity index (χ0v) is 10.9. The quantitative estimate of drug-likeness (QED) is 0.801. The lowest BCUT2D eigenvalue weighted by atomic mass is 10.1. The molecule has 2 aromatic rings. The molecule has 0 amide bonds. The Balaban J connectivity index is 1.82. The Kier molecular flexibility index (Phi) is 3.08. The zero-order chi connectivity index (χ0) is 12.4. The average molecular weight is 253 g/mol. The number of thiophene rings is 1. The Bertz CT molecular complexity index is 561. The Hall–Kier alpha value is -1.72. The first-order valence-electron chi connectivity index (χ1n) is 6.23. The SMILES string of the molecule is C#Cc1cccc(NC(c2cccs2)C2CC2)c1. The van der Waals surface area contributed by atoms with Crippen molar-refractivity contribution in [3.8, 4) is 12.3 Å². The molecule has 0 bridgehead atoms. The molecule has 1 aliphatic carbocycles. The molecule has 1 N–H and O–H groups in total. The van der Waals surface area contributed by atoms with Gasteiger partial charge < -0.3 is 5.32 Å². The van der Waals surface area contributed by atoms with Gasteiger partial charge in [-0.15, -0.1) is 17.8 Å². The highest BCUT2D eigenvalue weighted by Crippen LogP contribution is 2.44. The standard InChI is InChI=1S/C16H15NS/c1-2-12-5-3-6-14(11-12)17-16(13-8-9-13)15-7-4-10-18-15/h1,3-7,10-11,13,16-17H,8-9H2. The summed E-state index contributed by atoms with van der Waals surface area (Å²) < 4.78 is 0. The number of terminal acetylenes is 1. The number of hydrogen-bond donors (Lipinski definition) is 1. The van der Waals surface area contributed by atoms with Gasteiger partial charge in [-0.1, -0.05) is 18.1 Å². The summed E-state index contributed by atoms with van der Waals surface area (Å²) in [6, 6.07) is 12.9. The minimum Gasteiger partial charge on any atom is -0.377 e. The van der Waals surface area contributed by atoms with E-state index >= 15 is 0 Å². The molecule has 18 heavy (non-hydrogen) atoms. The summed E-state index contributed by atoms with van der Waals surface area (Å²) in [6.07, 6.45) is 8.09. The summed E-state index contributed by atoms with van der Waals surface area (Å²) in [5, 5.41) is 5.78. The number of benzene rings is 1. The number of rotatable bonds is 4. The second kappa shape index (κ2) is 4.88. The molecule has 0 aliphatic heterocycles. The van der Waals surface area contributed by atoms with Gasteiger partial charge in [0, 0.05) is 16.1 Å². The summed E-state index contributed by atoms with van der Waals surface area (Å²) in [7, 11) is 0. The molecular weight excluding hydrogens is 238 g/mol. The third-order valence-corrected chi connectivity index (χ3v) is 4.25. The molecule has 1 aliphatic rings. The number of nitrogens with one attached hydrogen (secondary N) is 1. The molecule has 3 rings (SSSR count). The highest BCUT2D eigenvalue weighted by atomic mass is 32.1. The van der Waals surface area contributed by atoms with Crippen LogP contribution in [0.3, 0.4) is 0 Å². The Labute approximate surface area is 112 Å². The summed E-state index contributed by atoms with van der Waals surface area (Å²) in [5.74, 6) is 3.46. The lowest BCUT2D eigenvalue weighted by molar-refractivity contribution is 0.691. The van der Waals surface area contributed by atoms with Gasteiger partial charge in [0.25, 0.3) is 0 Å². The third kappa shape index (κ3) is 2.42. The van der Waals surface area contributed by atoms with E-state index in [9.17, 15) is 0 Å². The van der Waals surface area contributed by atoms with Gasteiger partial charge in [0.05, 0.1) is 6.04 Å². The van der Waals surface area contributed by atoms with Gasteiger partial charge in [-0.05, 0) is 48.4 Å². The monoisotopic (exact) mass is 253 g/mol. The van der Waals surface area contributed by atoms with Gasteiger partial charge >= 0.3 is 0 Å². The number of anilines is 1. The van der Waals surface area contributed by atoms with Crippen LogP contribution in [-0.4, -0.2) is 0 Å². The second-order valence-corrected chi connectivity index (χ2v) is 5.68. The smallest absolute Gasteiger partial charge is 0.0634 e. The van der Waals surface area contributed by atoms with E-state index in [-0.39, 0.29) is 0 Å². The van der Waals surface area contributed by atoms with Crippen LogP contribution in [0, 0.1) is 18.3 Å². The molecule has 0 saturated heterocycles. The summed E-state index contributed by atoms with van der Waals surface area (Å²) in [6.45, 7) is 0. The average Bonchev–Trinajstić information content (AvgIpc) is 3.11. The van der Waals surface area contributed by atoms with E-state index in [0.717, 1.165) is 17.2 Å². The van der Waals surface area contributed by atoms with Gasteiger partial charge in [-0.3, -0.25) is 0 Å². The molecule has 0 spiro atoms. The molecule has 2 heteroatoms. The fourth-order valence-corrected chi connectivity index (χ4v) is 3.07. The molecule has 1 fully saturated rings. The molecule has 1 atom stereocenters. The largest absolute Gasteiger partial charge is 0.377 e. The van der Waals surface area contributed by atoms with Crippen LogP contribution >= 0.6 is 11.3 Å². The molecule has 1 nitrogen and oxygen atoms in total. The molecule has 0 radical (unpaired) electrons. The van der Waals surface area contributed by atoms with E-state index in [1.165, 1.54) is 17.7 Å². The fourth-order valence-electron chi connectivity index (χ4n) is 2.20. The molecular formula is C16H15NS. The van der Waals surface area contributed by atoms with Crippen molar-refractivity contribution in [3.63, 3.8) is 0 Å². The topological polar surface area (TPSA) is 12.0 Å². The highest BCUT2D eigenvalue weighted by Gasteiger charge is 2.32.